The summed E-state index contributed by atoms with van der Waals surface area (Å²) >= 11 is 0. The zero-order valence-electron chi connectivity index (χ0n) is 16.1. The standard InChI is InChI=1S/C21H27N3O3/c1-4-27-21(25)20-13(2)5-6-14-10-24(11-17(14)20)12-19-16-9-15(26-3)7-8-18(16)22-23-19/h5-9,13-14,17,20H,4,10-12H2,1-3H3,(H,22,23)/t13-,14-,17-,20-/m0/s1. The zero-order valence-corrected chi connectivity index (χ0v) is 16.1. The minimum absolute atomic E-state index is 0.0523. The van der Waals surface area contributed by atoms with Gasteiger partial charge in [-0.25, -0.2) is 0 Å². The molecule has 0 bridgehead atoms. The summed E-state index contributed by atoms with van der Waals surface area (Å²) in [6.07, 6.45) is 4.47. The number of esters is 1. The summed E-state index contributed by atoms with van der Waals surface area (Å²) in [5, 5.41) is 8.68. The van der Waals surface area contributed by atoms with Crippen LogP contribution in [0.2, 0.25) is 0 Å². The van der Waals surface area contributed by atoms with E-state index in [0.717, 1.165) is 42.0 Å². The van der Waals surface area contributed by atoms with Gasteiger partial charge in [0.15, 0.2) is 0 Å². The molecule has 1 aromatic carbocycles. The molecule has 4 atom stereocenters. The highest BCUT2D eigenvalue weighted by atomic mass is 16.5. The van der Waals surface area contributed by atoms with Crippen LogP contribution < -0.4 is 4.74 Å². The van der Waals surface area contributed by atoms with Crippen molar-refractivity contribution in [3.63, 3.8) is 0 Å². The summed E-state index contributed by atoms with van der Waals surface area (Å²) in [7, 11) is 1.68. The smallest absolute Gasteiger partial charge is 0.309 e. The van der Waals surface area contributed by atoms with E-state index in [-0.39, 0.29) is 17.8 Å². The molecular weight excluding hydrogens is 342 g/mol. The Morgan fingerprint density at radius 1 is 1.33 bits per heavy atom. The van der Waals surface area contributed by atoms with Crippen LogP contribution in [0.4, 0.5) is 0 Å². The SMILES string of the molecule is CCOC(=O)[C@@H]1[C@H]2CN(Cc3[nH]nc4ccc(OC)cc34)C[C@@H]2C=C[C@@H]1C. The Labute approximate surface area is 159 Å². The number of methoxy groups -OCH3 is 1. The van der Waals surface area contributed by atoms with Crippen molar-refractivity contribution in [1.29, 1.82) is 0 Å². The number of nitrogens with zero attached hydrogens (tertiary/aromatic N) is 2. The predicted molar refractivity (Wildman–Crippen MR) is 103 cm³/mol. The van der Waals surface area contributed by atoms with E-state index < -0.39 is 0 Å². The van der Waals surface area contributed by atoms with Gasteiger partial charge in [-0.05, 0) is 42.9 Å². The Balaban J connectivity index is 1.53. The molecule has 0 unspecified atom stereocenters. The molecule has 0 saturated carbocycles. The van der Waals surface area contributed by atoms with Gasteiger partial charge in [0.25, 0.3) is 0 Å². The predicted octanol–water partition coefficient (Wildman–Crippen LogP) is 3.00. The molecule has 4 rings (SSSR count). The van der Waals surface area contributed by atoms with Crippen molar-refractivity contribution in [2.45, 2.75) is 20.4 Å². The zero-order chi connectivity index (χ0) is 19.0. The molecule has 1 aromatic heterocycles. The second-order valence-electron chi connectivity index (χ2n) is 7.63. The Morgan fingerprint density at radius 3 is 2.96 bits per heavy atom. The number of likely N-dealkylation sites (tertiary alicyclic amines) is 1. The highest BCUT2D eigenvalue weighted by molar-refractivity contribution is 5.82. The van der Waals surface area contributed by atoms with Gasteiger partial charge in [0, 0.05) is 25.0 Å². The van der Waals surface area contributed by atoms with E-state index in [1.165, 1.54) is 0 Å². The van der Waals surface area contributed by atoms with Gasteiger partial charge in [-0.1, -0.05) is 19.1 Å². The molecule has 6 nitrogen and oxygen atoms in total. The van der Waals surface area contributed by atoms with E-state index in [1.54, 1.807) is 7.11 Å². The lowest BCUT2D eigenvalue weighted by Crippen LogP contribution is -2.37. The molecular formula is C21H27N3O3. The molecule has 144 valence electrons. The monoisotopic (exact) mass is 369 g/mol. The number of nitrogens with one attached hydrogen (secondary N) is 1. The first-order valence-electron chi connectivity index (χ1n) is 9.69. The minimum Gasteiger partial charge on any atom is -0.497 e. The van der Waals surface area contributed by atoms with Crippen molar-refractivity contribution < 1.29 is 14.3 Å². The molecule has 1 aliphatic carbocycles. The summed E-state index contributed by atoms with van der Waals surface area (Å²) in [6, 6.07) is 5.92. The summed E-state index contributed by atoms with van der Waals surface area (Å²) in [5.41, 5.74) is 2.03. The van der Waals surface area contributed by atoms with Gasteiger partial charge in [-0.3, -0.25) is 14.8 Å². The number of aromatic nitrogens is 2. The topological polar surface area (TPSA) is 67.5 Å². The maximum absolute atomic E-state index is 12.5. The normalized spacial score (nSPS) is 27.7. The second kappa shape index (κ2) is 7.35. The quantitative estimate of drug-likeness (QED) is 0.648. The fourth-order valence-electron chi connectivity index (χ4n) is 4.62. The van der Waals surface area contributed by atoms with Gasteiger partial charge in [0.1, 0.15) is 5.75 Å². The number of rotatable bonds is 5. The van der Waals surface area contributed by atoms with Crippen molar-refractivity contribution >= 4 is 16.9 Å². The van der Waals surface area contributed by atoms with Crippen LogP contribution in [-0.2, 0) is 16.1 Å². The number of benzene rings is 1. The van der Waals surface area contributed by atoms with Gasteiger partial charge in [0.2, 0.25) is 0 Å². The lowest BCUT2D eigenvalue weighted by molar-refractivity contribution is -0.152. The van der Waals surface area contributed by atoms with Gasteiger partial charge < -0.3 is 9.47 Å². The molecule has 0 amide bonds. The maximum atomic E-state index is 12.5. The van der Waals surface area contributed by atoms with Crippen molar-refractivity contribution in [3.8, 4) is 5.75 Å². The van der Waals surface area contributed by atoms with Gasteiger partial charge in [0.05, 0.1) is 30.8 Å². The van der Waals surface area contributed by atoms with Crippen molar-refractivity contribution in [2.24, 2.45) is 23.7 Å². The Kier molecular flexibility index (Phi) is 4.91. The number of H-pyrrole nitrogens is 1. The van der Waals surface area contributed by atoms with E-state index in [0.29, 0.717) is 18.4 Å². The van der Waals surface area contributed by atoms with Gasteiger partial charge >= 0.3 is 5.97 Å². The largest absolute Gasteiger partial charge is 0.497 e. The molecule has 1 saturated heterocycles. The van der Waals surface area contributed by atoms with Crippen LogP contribution in [0.5, 0.6) is 5.75 Å². The fraction of sp³-hybridized carbons (Fsp3) is 0.524. The minimum atomic E-state index is -0.0528. The molecule has 1 aliphatic heterocycles. The molecule has 0 spiro atoms. The third-order valence-electron chi connectivity index (χ3n) is 5.96. The summed E-state index contributed by atoms with van der Waals surface area (Å²) < 4.78 is 10.7. The van der Waals surface area contributed by atoms with Crippen LogP contribution in [0.1, 0.15) is 19.5 Å². The Hall–Kier alpha value is -2.34. The highest BCUT2D eigenvalue weighted by Gasteiger charge is 2.44. The average molecular weight is 369 g/mol. The van der Waals surface area contributed by atoms with Crippen LogP contribution in [0, 0.1) is 23.7 Å². The Bertz CT molecular complexity index is 859. The highest BCUT2D eigenvalue weighted by Crippen LogP contribution is 2.40. The van der Waals surface area contributed by atoms with E-state index in [1.807, 2.05) is 25.1 Å². The van der Waals surface area contributed by atoms with Crippen LogP contribution in [-0.4, -0.2) is 47.9 Å². The van der Waals surface area contributed by atoms with Crippen LogP contribution in [0.25, 0.3) is 10.9 Å². The number of ether oxygens (including phenoxy) is 2. The van der Waals surface area contributed by atoms with Gasteiger partial charge in [-0.15, -0.1) is 0 Å². The molecule has 2 aromatic rings. The molecule has 27 heavy (non-hydrogen) atoms. The second-order valence-corrected chi connectivity index (χ2v) is 7.63. The number of hydrogen-bond acceptors (Lipinski definition) is 5. The molecule has 6 heteroatoms. The lowest BCUT2D eigenvalue weighted by atomic mass is 9.72. The van der Waals surface area contributed by atoms with E-state index >= 15 is 0 Å². The molecule has 2 heterocycles. The summed E-state index contributed by atoms with van der Waals surface area (Å²) in [6.45, 7) is 7.06. The van der Waals surface area contributed by atoms with Crippen LogP contribution in [0.3, 0.4) is 0 Å². The summed E-state index contributed by atoms with van der Waals surface area (Å²) in [4.78, 5) is 14.9. The first-order valence-corrected chi connectivity index (χ1v) is 9.69. The molecule has 0 radical (unpaired) electrons. The van der Waals surface area contributed by atoms with Gasteiger partial charge in [-0.2, -0.15) is 5.10 Å². The molecule has 2 aliphatic rings. The summed E-state index contributed by atoms with van der Waals surface area (Å²) in [5.74, 6) is 1.67. The van der Waals surface area contributed by atoms with Crippen molar-refractivity contribution in [1.82, 2.24) is 15.1 Å². The molecule has 1 N–H and O–H groups in total. The fourth-order valence-corrected chi connectivity index (χ4v) is 4.62. The number of carbonyl (C=O) groups excluding carboxylic acids is 1. The first kappa shape index (κ1) is 18.0. The van der Waals surface area contributed by atoms with E-state index in [2.05, 4.69) is 34.2 Å². The number of fused-ring (bicyclic) bond motifs is 2. The van der Waals surface area contributed by atoms with E-state index in [9.17, 15) is 4.79 Å². The Morgan fingerprint density at radius 2 is 2.19 bits per heavy atom. The number of hydrogen-bond donors (Lipinski definition) is 1. The number of carbonyl (C=O) groups is 1. The maximum Gasteiger partial charge on any atom is 0.309 e. The van der Waals surface area contributed by atoms with Crippen LogP contribution in [0.15, 0.2) is 30.4 Å². The first-order chi connectivity index (χ1) is 13.1. The van der Waals surface area contributed by atoms with E-state index in [4.69, 9.17) is 9.47 Å². The average Bonchev–Trinajstić information content (AvgIpc) is 3.25. The molecule has 1 fully saturated rings. The number of allylic oxidation sites excluding steroid dienone is 1. The lowest BCUT2D eigenvalue weighted by Gasteiger charge is -2.32. The van der Waals surface area contributed by atoms with Crippen molar-refractivity contribution in [2.75, 3.05) is 26.8 Å². The van der Waals surface area contributed by atoms with Crippen molar-refractivity contribution in [3.05, 3.63) is 36.0 Å². The third kappa shape index (κ3) is 3.34. The van der Waals surface area contributed by atoms with Crippen LogP contribution >= 0.6 is 0 Å². The third-order valence-corrected chi connectivity index (χ3v) is 5.96. The number of aromatic amines is 1.